The van der Waals surface area contributed by atoms with E-state index in [9.17, 15) is 0 Å². The first-order chi connectivity index (χ1) is 10.1. The van der Waals surface area contributed by atoms with Crippen LogP contribution in [0.3, 0.4) is 0 Å². The Hall–Kier alpha value is -1.83. The average molecular weight is 279 g/mol. The van der Waals surface area contributed by atoms with Crippen molar-refractivity contribution in [2.75, 3.05) is 0 Å². The maximum atomic E-state index is 4.73. The normalized spacial score (nSPS) is 11.9. The smallest absolute Gasteiger partial charge is 0.0713 e. The minimum atomic E-state index is 0.402. The van der Waals surface area contributed by atoms with Crippen molar-refractivity contribution >= 4 is 21.8 Å². The van der Waals surface area contributed by atoms with E-state index in [2.05, 4.69) is 62.6 Å². The second kappa shape index (κ2) is 5.51. The molecule has 0 N–H and O–H groups in total. The SMILES string of the molecule is [CH2]c1cc2c3ccccc3n(CCCC)c2c(C(C)C)n1. The van der Waals surface area contributed by atoms with Gasteiger partial charge in [0.25, 0.3) is 0 Å². The van der Waals surface area contributed by atoms with E-state index in [-0.39, 0.29) is 0 Å². The Morgan fingerprint density at radius 2 is 1.95 bits per heavy atom. The van der Waals surface area contributed by atoms with Gasteiger partial charge in [0.15, 0.2) is 0 Å². The molecule has 0 saturated heterocycles. The van der Waals surface area contributed by atoms with Crippen LogP contribution < -0.4 is 0 Å². The van der Waals surface area contributed by atoms with Gasteiger partial charge in [-0.25, -0.2) is 0 Å². The number of benzene rings is 1. The van der Waals surface area contributed by atoms with Crippen LogP contribution in [0.4, 0.5) is 0 Å². The summed E-state index contributed by atoms with van der Waals surface area (Å²) in [6.45, 7) is 11.8. The third-order valence-electron chi connectivity index (χ3n) is 4.11. The van der Waals surface area contributed by atoms with Crippen molar-refractivity contribution in [1.82, 2.24) is 9.55 Å². The molecule has 1 aromatic carbocycles. The number of aryl methyl sites for hydroxylation is 1. The lowest BCUT2D eigenvalue weighted by atomic mass is 10.1. The van der Waals surface area contributed by atoms with Gasteiger partial charge >= 0.3 is 0 Å². The van der Waals surface area contributed by atoms with E-state index in [4.69, 9.17) is 4.98 Å². The Balaban J connectivity index is 2.43. The van der Waals surface area contributed by atoms with Gasteiger partial charge in [0.05, 0.1) is 11.2 Å². The van der Waals surface area contributed by atoms with Crippen molar-refractivity contribution < 1.29 is 0 Å². The van der Waals surface area contributed by atoms with Crippen molar-refractivity contribution in [3.63, 3.8) is 0 Å². The third-order valence-corrected chi connectivity index (χ3v) is 4.11. The van der Waals surface area contributed by atoms with Crippen LogP contribution in [0.2, 0.25) is 0 Å². The van der Waals surface area contributed by atoms with Crippen LogP contribution in [0.5, 0.6) is 0 Å². The van der Waals surface area contributed by atoms with Gasteiger partial charge in [-0.15, -0.1) is 0 Å². The Kier molecular flexibility index (Phi) is 3.71. The molecule has 3 aromatic rings. The quantitative estimate of drug-likeness (QED) is 0.634. The first kappa shape index (κ1) is 14.1. The summed E-state index contributed by atoms with van der Waals surface area (Å²) in [7, 11) is 0. The van der Waals surface area contributed by atoms with Gasteiger partial charge in [0.2, 0.25) is 0 Å². The maximum absolute atomic E-state index is 4.73. The summed E-state index contributed by atoms with van der Waals surface area (Å²) in [6.07, 6.45) is 2.39. The molecule has 1 radical (unpaired) electrons. The van der Waals surface area contributed by atoms with Crippen LogP contribution in [-0.4, -0.2) is 9.55 Å². The van der Waals surface area contributed by atoms with Crippen molar-refractivity contribution in [3.05, 3.63) is 48.6 Å². The number of nitrogens with zero attached hydrogens (tertiary/aromatic N) is 2. The second-order valence-electron chi connectivity index (χ2n) is 6.07. The van der Waals surface area contributed by atoms with Crippen LogP contribution >= 0.6 is 0 Å². The molecule has 0 amide bonds. The molecule has 0 unspecified atom stereocenters. The van der Waals surface area contributed by atoms with Gasteiger partial charge in [0, 0.05) is 28.5 Å². The van der Waals surface area contributed by atoms with Gasteiger partial charge < -0.3 is 4.57 Å². The van der Waals surface area contributed by atoms with E-state index in [0.717, 1.165) is 12.2 Å². The zero-order valence-corrected chi connectivity index (χ0v) is 13.2. The topological polar surface area (TPSA) is 17.8 Å². The largest absolute Gasteiger partial charge is 0.339 e. The molecule has 21 heavy (non-hydrogen) atoms. The zero-order valence-electron chi connectivity index (χ0n) is 13.2. The number of aromatic nitrogens is 2. The minimum absolute atomic E-state index is 0.402. The maximum Gasteiger partial charge on any atom is 0.0713 e. The molecular formula is C19H23N2. The lowest BCUT2D eigenvalue weighted by molar-refractivity contribution is 0.659. The number of fused-ring (bicyclic) bond motifs is 3. The summed E-state index contributed by atoms with van der Waals surface area (Å²) < 4.78 is 2.45. The van der Waals surface area contributed by atoms with E-state index in [1.165, 1.54) is 40.3 Å². The Labute approximate surface area is 126 Å². The highest BCUT2D eigenvalue weighted by molar-refractivity contribution is 6.09. The van der Waals surface area contributed by atoms with Gasteiger partial charge in [-0.3, -0.25) is 4.98 Å². The molecule has 0 aliphatic carbocycles. The molecular weight excluding hydrogens is 256 g/mol. The van der Waals surface area contributed by atoms with Crippen LogP contribution in [0.1, 0.15) is 50.9 Å². The second-order valence-corrected chi connectivity index (χ2v) is 6.07. The summed E-state index contributed by atoms with van der Waals surface area (Å²) in [6, 6.07) is 10.8. The fraction of sp³-hybridized carbons (Fsp3) is 0.368. The lowest BCUT2D eigenvalue weighted by Crippen LogP contribution is -2.03. The summed E-state index contributed by atoms with van der Waals surface area (Å²) in [5.41, 5.74) is 4.65. The van der Waals surface area contributed by atoms with Gasteiger partial charge in [-0.05, 0) is 31.4 Å². The summed E-state index contributed by atoms with van der Waals surface area (Å²) in [4.78, 5) is 4.73. The highest BCUT2D eigenvalue weighted by Crippen LogP contribution is 2.33. The molecule has 2 aromatic heterocycles. The van der Waals surface area contributed by atoms with Gasteiger partial charge in [0.1, 0.15) is 0 Å². The average Bonchev–Trinajstić information content (AvgIpc) is 2.78. The van der Waals surface area contributed by atoms with Gasteiger partial charge in [-0.1, -0.05) is 45.4 Å². The van der Waals surface area contributed by atoms with Crippen LogP contribution in [0, 0.1) is 6.92 Å². The summed E-state index contributed by atoms with van der Waals surface area (Å²) >= 11 is 0. The monoisotopic (exact) mass is 279 g/mol. The zero-order chi connectivity index (χ0) is 15.0. The van der Waals surface area contributed by atoms with Crippen molar-refractivity contribution in [3.8, 4) is 0 Å². The molecule has 0 bridgehead atoms. The first-order valence-corrected chi connectivity index (χ1v) is 7.87. The van der Waals surface area contributed by atoms with Crippen molar-refractivity contribution in [2.45, 2.75) is 46.1 Å². The molecule has 2 heterocycles. The fourth-order valence-corrected chi connectivity index (χ4v) is 3.11. The molecule has 0 aliphatic rings. The number of hydrogen-bond acceptors (Lipinski definition) is 1. The number of hydrogen-bond donors (Lipinski definition) is 0. The van der Waals surface area contributed by atoms with E-state index < -0.39 is 0 Å². The minimum Gasteiger partial charge on any atom is -0.339 e. The predicted octanol–water partition coefficient (Wildman–Crippen LogP) is 5.30. The molecule has 109 valence electrons. The standard InChI is InChI=1S/C19H23N2/c1-5-6-11-21-17-10-8-7-9-15(17)16-12-14(4)20-18(13(2)3)19(16)21/h7-10,12-13H,4-6,11H2,1-3H3. The number of rotatable bonds is 4. The highest BCUT2D eigenvalue weighted by Gasteiger charge is 2.17. The Bertz CT molecular complexity index is 781. The fourth-order valence-electron chi connectivity index (χ4n) is 3.11. The third kappa shape index (κ3) is 2.33. The molecule has 0 atom stereocenters. The Morgan fingerprint density at radius 3 is 2.67 bits per heavy atom. The Morgan fingerprint density at radius 1 is 1.19 bits per heavy atom. The highest BCUT2D eigenvalue weighted by atomic mass is 15.0. The van der Waals surface area contributed by atoms with Crippen LogP contribution in [0.25, 0.3) is 21.8 Å². The van der Waals surface area contributed by atoms with Crippen molar-refractivity contribution in [1.29, 1.82) is 0 Å². The molecule has 2 nitrogen and oxygen atoms in total. The number of para-hydroxylation sites is 1. The van der Waals surface area contributed by atoms with Crippen LogP contribution in [0.15, 0.2) is 30.3 Å². The molecule has 0 fully saturated rings. The summed E-state index contributed by atoms with van der Waals surface area (Å²) in [5.74, 6) is 0.402. The van der Waals surface area contributed by atoms with Crippen LogP contribution in [-0.2, 0) is 6.54 Å². The number of pyridine rings is 1. The molecule has 0 spiro atoms. The van der Waals surface area contributed by atoms with E-state index in [0.29, 0.717) is 5.92 Å². The number of unbranched alkanes of at least 4 members (excludes halogenated alkanes) is 1. The lowest BCUT2D eigenvalue weighted by Gasteiger charge is -2.12. The summed E-state index contributed by atoms with van der Waals surface area (Å²) in [5, 5.41) is 2.61. The molecule has 0 saturated carbocycles. The molecule has 2 heteroatoms. The predicted molar refractivity (Wildman–Crippen MR) is 90.7 cm³/mol. The van der Waals surface area contributed by atoms with Crippen molar-refractivity contribution in [2.24, 2.45) is 0 Å². The van der Waals surface area contributed by atoms with Gasteiger partial charge in [-0.2, -0.15) is 0 Å². The molecule has 0 aliphatic heterocycles. The van der Waals surface area contributed by atoms with E-state index in [1.807, 2.05) is 0 Å². The van der Waals surface area contributed by atoms with E-state index >= 15 is 0 Å². The first-order valence-electron chi connectivity index (χ1n) is 7.87. The van der Waals surface area contributed by atoms with E-state index in [1.54, 1.807) is 0 Å². The molecule has 3 rings (SSSR count).